The van der Waals surface area contributed by atoms with E-state index in [0.29, 0.717) is 0 Å². The van der Waals surface area contributed by atoms with E-state index in [1.165, 1.54) is 0 Å². The second-order valence-corrected chi connectivity index (χ2v) is 3.20. The fourth-order valence-electron chi connectivity index (χ4n) is 0.761. The highest BCUT2D eigenvalue weighted by atomic mass is 35.5. The van der Waals surface area contributed by atoms with Crippen LogP contribution in [0, 0.1) is 0 Å². The van der Waals surface area contributed by atoms with Gasteiger partial charge >= 0.3 is 0 Å². The molecule has 0 spiro atoms. The Kier molecular flexibility index (Phi) is 5.68. The van der Waals surface area contributed by atoms with Gasteiger partial charge < -0.3 is 5.73 Å². The number of benzene rings is 1. The second kappa shape index (κ2) is 5.98. The Morgan fingerprint density at radius 1 is 1.42 bits per heavy atom. The molecule has 0 aliphatic rings. The third-order valence-electron chi connectivity index (χ3n) is 1.28. The largest absolute Gasteiger partial charge is 0.398 e. The van der Waals surface area contributed by atoms with Crippen molar-refractivity contribution in [3.8, 4) is 0 Å². The summed E-state index contributed by atoms with van der Waals surface area (Å²) in [5.74, 6) is 0.911. The topological polar surface area (TPSA) is 26.0 Å². The number of anilines is 1. The summed E-state index contributed by atoms with van der Waals surface area (Å²) in [4.78, 5) is 1.13. The van der Waals surface area contributed by atoms with Crippen LogP contribution in [-0.2, 0) is 0 Å². The monoisotopic (exact) mass is 201 g/mol. The van der Waals surface area contributed by atoms with Crippen LogP contribution in [0.5, 0.6) is 0 Å². The first kappa shape index (κ1) is 11.4. The molecule has 0 fully saturated rings. The van der Waals surface area contributed by atoms with Crippen molar-refractivity contribution >= 4 is 29.9 Å². The van der Waals surface area contributed by atoms with Crippen molar-refractivity contribution in [1.82, 2.24) is 0 Å². The minimum absolute atomic E-state index is 0. The molecule has 0 heterocycles. The van der Waals surface area contributed by atoms with E-state index in [4.69, 9.17) is 5.73 Å². The molecule has 2 N–H and O–H groups in total. The molecule has 0 saturated carbocycles. The van der Waals surface area contributed by atoms with E-state index in [1.54, 1.807) is 11.8 Å². The Hall–Kier alpha value is -0.600. The molecule has 0 atom stereocenters. The highest BCUT2D eigenvalue weighted by Gasteiger charge is 1.94. The zero-order valence-corrected chi connectivity index (χ0v) is 8.33. The molecule has 0 aliphatic carbocycles. The molecule has 0 amide bonds. The minimum Gasteiger partial charge on any atom is -0.398 e. The van der Waals surface area contributed by atoms with Gasteiger partial charge in [0.25, 0.3) is 0 Å². The number of rotatable bonds is 3. The summed E-state index contributed by atoms with van der Waals surface area (Å²) in [7, 11) is 0. The van der Waals surface area contributed by atoms with E-state index < -0.39 is 0 Å². The van der Waals surface area contributed by atoms with Gasteiger partial charge in [-0.15, -0.1) is 30.7 Å². The van der Waals surface area contributed by atoms with Crippen molar-refractivity contribution in [2.24, 2.45) is 0 Å². The average molecular weight is 202 g/mol. The lowest BCUT2D eigenvalue weighted by Crippen LogP contribution is -1.86. The first-order chi connectivity index (χ1) is 5.34. The number of hydrogen-bond donors (Lipinski definition) is 1. The molecule has 1 aromatic carbocycles. The van der Waals surface area contributed by atoms with E-state index in [-0.39, 0.29) is 12.4 Å². The van der Waals surface area contributed by atoms with Gasteiger partial charge in [0.15, 0.2) is 0 Å². The smallest absolute Gasteiger partial charge is 0.0452 e. The number of halogens is 1. The van der Waals surface area contributed by atoms with Gasteiger partial charge in [-0.25, -0.2) is 0 Å². The molecule has 0 saturated heterocycles. The van der Waals surface area contributed by atoms with Crippen LogP contribution in [0.15, 0.2) is 41.8 Å². The summed E-state index contributed by atoms with van der Waals surface area (Å²) in [6.07, 6.45) is 1.87. The Morgan fingerprint density at radius 3 is 2.67 bits per heavy atom. The predicted molar refractivity (Wildman–Crippen MR) is 59.0 cm³/mol. The summed E-state index contributed by atoms with van der Waals surface area (Å²) in [6.45, 7) is 3.64. The summed E-state index contributed by atoms with van der Waals surface area (Å²) in [6, 6.07) is 7.85. The maximum Gasteiger partial charge on any atom is 0.0452 e. The van der Waals surface area contributed by atoms with Crippen LogP contribution in [-0.4, -0.2) is 5.75 Å². The summed E-state index contributed by atoms with van der Waals surface area (Å²) in [5, 5.41) is 0. The molecule has 1 rings (SSSR count). The van der Waals surface area contributed by atoms with Crippen molar-refractivity contribution in [1.29, 1.82) is 0 Å². The standard InChI is InChI=1S/C9H11NS.ClH/c1-2-7-11-9-6-4-3-5-8(9)10;/h2-6H,1,7,10H2;1H. The lowest BCUT2D eigenvalue weighted by atomic mass is 10.3. The zero-order chi connectivity index (χ0) is 8.10. The first-order valence-corrected chi connectivity index (χ1v) is 4.41. The number of hydrogen-bond acceptors (Lipinski definition) is 2. The Balaban J connectivity index is 0.00000121. The van der Waals surface area contributed by atoms with Crippen LogP contribution >= 0.6 is 24.2 Å². The lowest BCUT2D eigenvalue weighted by molar-refractivity contribution is 1.46. The maximum atomic E-state index is 5.71. The quantitative estimate of drug-likeness (QED) is 0.462. The van der Waals surface area contributed by atoms with Gasteiger partial charge in [-0.3, -0.25) is 0 Å². The van der Waals surface area contributed by atoms with E-state index in [1.807, 2.05) is 30.3 Å². The molecule has 0 radical (unpaired) electrons. The highest BCUT2D eigenvalue weighted by Crippen LogP contribution is 2.23. The van der Waals surface area contributed by atoms with Crippen LogP contribution in [0.3, 0.4) is 0 Å². The Morgan fingerprint density at radius 2 is 2.08 bits per heavy atom. The van der Waals surface area contributed by atoms with Gasteiger partial charge in [0.05, 0.1) is 0 Å². The van der Waals surface area contributed by atoms with Crippen LogP contribution in [0.25, 0.3) is 0 Å². The summed E-state index contributed by atoms with van der Waals surface area (Å²) in [5.41, 5.74) is 6.55. The van der Waals surface area contributed by atoms with E-state index >= 15 is 0 Å². The van der Waals surface area contributed by atoms with Gasteiger partial charge in [-0.05, 0) is 12.1 Å². The van der Waals surface area contributed by atoms with Gasteiger partial charge in [0.1, 0.15) is 0 Å². The van der Waals surface area contributed by atoms with Crippen molar-refractivity contribution in [3.05, 3.63) is 36.9 Å². The number of thioether (sulfide) groups is 1. The van der Waals surface area contributed by atoms with E-state index in [0.717, 1.165) is 16.3 Å². The minimum atomic E-state index is 0. The van der Waals surface area contributed by atoms with Crippen LogP contribution in [0.1, 0.15) is 0 Å². The molecule has 66 valence electrons. The fraction of sp³-hybridized carbons (Fsp3) is 0.111. The van der Waals surface area contributed by atoms with Gasteiger partial charge in [0.2, 0.25) is 0 Å². The number of nitrogen functional groups attached to an aromatic ring is 1. The highest BCUT2D eigenvalue weighted by molar-refractivity contribution is 7.99. The van der Waals surface area contributed by atoms with Gasteiger partial charge in [-0.1, -0.05) is 18.2 Å². The third-order valence-corrected chi connectivity index (χ3v) is 2.36. The second-order valence-electron chi connectivity index (χ2n) is 2.14. The van der Waals surface area contributed by atoms with Crippen molar-refractivity contribution in [2.45, 2.75) is 4.90 Å². The summed E-state index contributed by atoms with van der Waals surface area (Å²) >= 11 is 1.70. The Labute approximate surface area is 83.5 Å². The van der Waals surface area contributed by atoms with Gasteiger partial charge in [-0.2, -0.15) is 0 Å². The third kappa shape index (κ3) is 3.20. The van der Waals surface area contributed by atoms with Gasteiger partial charge in [0, 0.05) is 16.3 Å². The number of para-hydroxylation sites is 1. The maximum absolute atomic E-state index is 5.71. The molecular formula is C9H12ClNS. The van der Waals surface area contributed by atoms with Crippen molar-refractivity contribution in [3.63, 3.8) is 0 Å². The molecule has 12 heavy (non-hydrogen) atoms. The zero-order valence-electron chi connectivity index (χ0n) is 6.69. The first-order valence-electron chi connectivity index (χ1n) is 3.43. The molecule has 1 nitrogen and oxygen atoms in total. The number of nitrogens with two attached hydrogens (primary N) is 1. The molecule has 0 aliphatic heterocycles. The van der Waals surface area contributed by atoms with Crippen molar-refractivity contribution < 1.29 is 0 Å². The molecule has 0 unspecified atom stereocenters. The predicted octanol–water partition coefficient (Wildman–Crippen LogP) is 2.97. The molecule has 3 heteroatoms. The summed E-state index contributed by atoms with van der Waals surface area (Å²) < 4.78 is 0. The Bertz CT molecular complexity index is 250. The molecule has 0 aromatic heterocycles. The van der Waals surface area contributed by atoms with E-state index in [2.05, 4.69) is 6.58 Å². The van der Waals surface area contributed by atoms with E-state index in [9.17, 15) is 0 Å². The molecule has 1 aromatic rings. The SMILES string of the molecule is C=CCSc1ccccc1N.Cl. The van der Waals surface area contributed by atoms with Crippen molar-refractivity contribution in [2.75, 3.05) is 11.5 Å². The normalized spacial score (nSPS) is 8.67. The van der Waals surface area contributed by atoms with Crippen LogP contribution in [0.2, 0.25) is 0 Å². The molecular weight excluding hydrogens is 190 g/mol. The lowest BCUT2D eigenvalue weighted by Gasteiger charge is -2.00. The van der Waals surface area contributed by atoms with Crippen LogP contribution < -0.4 is 5.73 Å². The molecule has 0 bridgehead atoms. The average Bonchev–Trinajstić information content (AvgIpc) is 2.03. The fourth-order valence-corrected chi connectivity index (χ4v) is 1.47. The van der Waals surface area contributed by atoms with Crippen LogP contribution in [0.4, 0.5) is 5.69 Å².